The van der Waals surface area contributed by atoms with Gasteiger partial charge in [0.05, 0.1) is 26.9 Å². The fourth-order valence-corrected chi connectivity index (χ4v) is 2.15. The Hall–Kier alpha value is -2.77. The lowest BCUT2D eigenvalue weighted by atomic mass is 10.1. The highest BCUT2D eigenvalue weighted by Gasteiger charge is 2.24. The summed E-state index contributed by atoms with van der Waals surface area (Å²) in [6.45, 7) is 0. The predicted molar refractivity (Wildman–Crippen MR) is 81.3 cm³/mol. The van der Waals surface area contributed by atoms with Crippen LogP contribution in [0.15, 0.2) is 12.1 Å². The number of hydrogen-bond donors (Lipinski definition) is 0. The van der Waals surface area contributed by atoms with Crippen molar-refractivity contribution in [3.05, 3.63) is 52.3 Å². The molecule has 0 unspecified atom stereocenters. The van der Waals surface area contributed by atoms with E-state index in [0.29, 0.717) is 11.3 Å². The van der Waals surface area contributed by atoms with E-state index in [9.17, 15) is 22.0 Å². The first-order chi connectivity index (χ1) is 11.8. The van der Waals surface area contributed by atoms with Crippen LogP contribution in [0, 0.1) is 29.1 Å². The smallest absolute Gasteiger partial charge is 0.203 e. The van der Waals surface area contributed by atoms with E-state index in [2.05, 4.69) is 0 Å². The van der Waals surface area contributed by atoms with Gasteiger partial charge in [-0.05, 0) is 23.8 Å². The van der Waals surface area contributed by atoms with Crippen molar-refractivity contribution < 1.29 is 36.2 Å². The summed E-state index contributed by atoms with van der Waals surface area (Å²) in [6.07, 6.45) is 1.93. The maximum atomic E-state index is 13.7. The molecule has 0 radical (unpaired) electrons. The Morgan fingerprint density at radius 2 is 1.08 bits per heavy atom. The lowest BCUT2D eigenvalue weighted by Crippen LogP contribution is -2.03. The number of methoxy groups -OCH3 is 3. The monoisotopic (exact) mass is 360 g/mol. The molecule has 0 fully saturated rings. The number of benzene rings is 2. The SMILES string of the molecule is COc1cc(/C=C/c2c(F)c(F)c(F)c(F)c2F)cc(OC)c1OC. The molecule has 0 aliphatic rings. The third-order valence-corrected chi connectivity index (χ3v) is 3.37. The third kappa shape index (κ3) is 3.38. The van der Waals surface area contributed by atoms with Crippen molar-refractivity contribution >= 4 is 12.2 Å². The van der Waals surface area contributed by atoms with E-state index in [1.54, 1.807) is 0 Å². The lowest BCUT2D eigenvalue weighted by molar-refractivity contribution is 0.324. The van der Waals surface area contributed by atoms with Crippen molar-refractivity contribution in [2.75, 3.05) is 21.3 Å². The van der Waals surface area contributed by atoms with Crippen LogP contribution in [0.2, 0.25) is 0 Å². The van der Waals surface area contributed by atoms with Gasteiger partial charge < -0.3 is 14.2 Å². The fourth-order valence-electron chi connectivity index (χ4n) is 2.15. The maximum Gasteiger partial charge on any atom is 0.203 e. The summed E-state index contributed by atoms with van der Waals surface area (Å²) in [6, 6.07) is 2.90. The van der Waals surface area contributed by atoms with Gasteiger partial charge in [0.25, 0.3) is 0 Å². The van der Waals surface area contributed by atoms with Gasteiger partial charge >= 0.3 is 0 Å². The summed E-state index contributed by atoms with van der Waals surface area (Å²) in [5.74, 6) is -9.25. The first kappa shape index (κ1) is 18.6. The summed E-state index contributed by atoms with van der Waals surface area (Å²) < 4.78 is 82.2. The molecular formula is C17H13F5O3. The molecular weight excluding hydrogens is 347 g/mol. The zero-order valence-corrected chi connectivity index (χ0v) is 13.4. The van der Waals surface area contributed by atoms with Crippen LogP contribution in [0.1, 0.15) is 11.1 Å². The number of ether oxygens (including phenoxy) is 3. The van der Waals surface area contributed by atoms with Gasteiger partial charge in [-0.2, -0.15) is 0 Å². The summed E-state index contributed by atoms with van der Waals surface area (Å²) in [7, 11) is 4.13. The van der Waals surface area contributed by atoms with Crippen LogP contribution in [0.25, 0.3) is 12.2 Å². The van der Waals surface area contributed by atoms with E-state index in [1.807, 2.05) is 0 Å². The predicted octanol–water partition coefficient (Wildman–Crippen LogP) is 4.58. The highest BCUT2D eigenvalue weighted by atomic mass is 19.2. The molecule has 8 heteroatoms. The molecule has 134 valence electrons. The van der Waals surface area contributed by atoms with Gasteiger partial charge in [0.15, 0.2) is 34.8 Å². The Labute approximate surface area is 140 Å². The minimum atomic E-state index is -2.21. The zero-order valence-electron chi connectivity index (χ0n) is 13.4. The Bertz CT molecular complexity index is 780. The van der Waals surface area contributed by atoms with Gasteiger partial charge in [-0.25, -0.2) is 22.0 Å². The summed E-state index contributed by atoms with van der Waals surface area (Å²) >= 11 is 0. The second kappa shape index (κ2) is 7.42. The molecule has 2 aromatic carbocycles. The third-order valence-electron chi connectivity index (χ3n) is 3.37. The first-order valence-electron chi connectivity index (χ1n) is 6.85. The number of hydrogen-bond acceptors (Lipinski definition) is 3. The van der Waals surface area contributed by atoms with Crippen LogP contribution < -0.4 is 14.2 Å². The topological polar surface area (TPSA) is 27.7 Å². The van der Waals surface area contributed by atoms with Crippen LogP contribution >= 0.6 is 0 Å². The van der Waals surface area contributed by atoms with Crippen LogP contribution in [0.3, 0.4) is 0 Å². The largest absolute Gasteiger partial charge is 0.493 e. The number of rotatable bonds is 5. The van der Waals surface area contributed by atoms with Gasteiger partial charge in [-0.1, -0.05) is 6.08 Å². The van der Waals surface area contributed by atoms with E-state index >= 15 is 0 Å². The Kier molecular flexibility index (Phi) is 5.51. The molecule has 0 N–H and O–H groups in total. The lowest BCUT2D eigenvalue weighted by Gasteiger charge is -2.13. The molecule has 2 rings (SSSR count). The normalized spacial score (nSPS) is 11.0. The summed E-state index contributed by atoms with van der Waals surface area (Å²) in [5.41, 5.74) is -0.719. The van der Waals surface area contributed by atoms with E-state index in [-0.39, 0.29) is 11.5 Å². The quantitative estimate of drug-likeness (QED) is 0.338. The average molecular weight is 360 g/mol. The second-order valence-corrected chi connectivity index (χ2v) is 4.78. The van der Waals surface area contributed by atoms with Gasteiger partial charge in [-0.3, -0.25) is 0 Å². The molecule has 0 aliphatic carbocycles. The molecule has 3 nitrogen and oxygen atoms in total. The molecule has 0 amide bonds. The fraction of sp³-hybridized carbons (Fsp3) is 0.176. The highest BCUT2D eigenvalue weighted by Crippen LogP contribution is 2.38. The van der Waals surface area contributed by atoms with Crippen molar-refractivity contribution in [3.8, 4) is 17.2 Å². The first-order valence-corrected chi connectivity index (χ1v) is 6.85. The van der Waals surface area contributed by atoms with Crippen molar-refractivity contribution in [1.82, 2.24) is 0 Å². The maximum absolute atomic E-state index is 13.7. The zero-order chi connectivity index (χ0) is 18.7. The van der Waals surface area contributed by atoms with E-state index in [1.165, 1.54) is 33.5 Å². The van der Waals surface area contributed by atoms with Crippen molar-refractivity contribution in [1.29, 1.82) is 0 Å². The van der Waals surface area contributed by atoms with Gasteiger partial charge in [0, 0.05) is 0 Å². The molecule has 2 aromatic rings. The second-order valence-electron chi connectivity index (χ2n) is 4.78. The molecule has 0 bridgehead atoms. The summed E-state index contributed by atoms with van der Waals surface area (Å²) in [5, 5.41) is 0. The Morgan fingerprint density at radius 3 is 1.48 bits per heavy atom. The van der Waals surface area contributed by atoms with Crippen molar-refractivity contribution in [3.63, 3.8) is 0 Å². The van der Waals surface area contributed by atoms with Crippen molar-refractivity contribution in [2.24, 2.45) is 0 Å². The average Bonchev–Trinajstić information content (AvgIpc) is 2.63. The molecule has 0 saturated carbocycles. The molecule has 25 heavy (non-hydrogen) atoms. The minimum absolute atomic E-state index is 0.263. The highest BCUT2D eigenvalue weighted by molar-refractivity contribution is 5.73. The minimum Gasteiger partial charge on any atom is -0.493 e. The van der Waals surface area contributed by atoms with E-state index in [4.69, 9.17) is 14.2 Å². The molecule has 0 heterocycles. The van der Waals surface area contributed by atoms with Gasteiger partial charge in [0.1, 0.15) is 0 Å². The van der Waals surface area contributed by atoms with E-state index < -0.39 is 34.6 Å². The number of halogens is 5. The molecule has 0 aliphatic heterocycles. The Balaban J connectivity index is 2.54. The standard InChI is InChI=1S/C17H13F5O3/c1-23-10-6-8(7-11(24-2)17(10)25-3)4-5-9-12(18)14(20)16(22)15(21)13(9)19/h4-7H,1-3H3/b5-4+. The van der Waals surface area contributed by atoms with Gasteiger partial charge in [0.2, 0.25) is 11.6 Å². The summed E-state index contributed by atoms with van der Waals surface area (Å²) in [4.78, 5) is 0. The molecule has 0 atom stereocenters. The van der Waals surface area contributed by atoms with Gasteiger partial charge in [-0.15, -0.1) is 0 Å². The van der Waals surface area contributed by atoms with Crippen molar-refractivity contribution in [2.45, 2.75) is 0 Å². The van der Waals surface area contributed by atoms with Crippen LogP contribution in [-0.4, -0.2) is 21.3 Å². The van der Waals surface area contributed by atoms with Crippen LogP contribution in [0.4, 0.5) is 22.0 Å². The molecule has 0 spiro atoms. The van der Waals surface area contributed by atoms with Crippen LogP contribution in [0.5, 0.6) is 17.2 Å². The Morgan fingerprint density at radius 1 is 0.640 bits per heavy atom. The molecule has 0 aromatic heterocycles. The van der Waals surface area contributed by atoms with E-state index in [0.717, 1.165) is 12.2 Å². The molecule has 0 saturated heterocycles. The van der Waals surface area contributed by atoms with Crippen LogP contribution in [-0.2, 0) is 0 Å².